The number of hydrogen-bond donors (Lipinski definition) is 1. The van der Waals surface area contributed by atoms with Crippen LogP contribution in [0.4, 0.5) is 5.69 Å². The predicted octanol–water partition coefficient (Wildman–Crippen LogP) is 2.72. The molecule has 1 N–H and O–H groups in total. The third kappa shape index (κ3) is 2.93. The number of imide groups is 1. The van der Waals surface area contributed by atoms with Crippen LogP contribution < -0.4 is 5.32 Å². The van der Waals surface area contributed by atoms with Gasteiger partial charge in [-0.05, 0) is 43.2 Å². The van der Waals surface area contributed by atoms with Gasteiger partial charge in [-0.3, -0.25) is 19.3 Å². The highest BCUT2D eigenvalue weighted by Gasteiger charge is 2.36. The molecule has 2 aromatic rings. The fourth-order valence-corrected chi connectivity index (χ4v) is 2.90. The molecule has 5 nitrogen and oxygen atoms in total. The van der Waals surface area contributed by atoms with Crippen LogP contribution in [-0.2, 0) is 9.59 Å². The molecule has 2 aromatic carbocycles. The van der Waals surface area contributed by atoms with Crippen molar-refractivity contribution in [3.8, 4) is 0 Å². The van der Waals surface area contributed by atoms with E-state index in [0.717, 1.165) is 10.5 Å². The number of rotatable bonds is 3. The summed E-state index contributed by atoms with van der Waals surface area (Å²) in [6.45, 7) is 3.38. The third-order valence-corrected chi connectivity index (χ3v) is 4.14. The molecular weight excluding hydrogens is 304 g/mol. The van der Waals surface area contributed by atoms with Crippen LogP contribution >= 0.6 is 0 Å². The van der Waals surface area contributed by atoms with Gasteiger partial charge in [0.25, 0.3) is 5.91 Å². The molecule has 1 unspecified atom stereocenters. The van der Waals surface area contributed by atoms with E-state index in [9.17, 15) is 14.4 Å². The Morgan fingerprint density at radius 2 is 1.88 bits per heavy atom. The SMILES string of the molecule is Cc1cccc(NC(=O)CN2C(=O)c3ccccc3C(C)C2=O)c1. The van der Waals surface area contributed by atoms with E-state index in [-0.39, 0.29) is 12.5 Å². The first kappa shape index (κ1) is 15.9. The zero-order chi connectivity index (χ0) is 17.3. The van der Waals surface area contributed by atoms with E-state index < -0.39 is 17.7 Å². The van der Waals surface area contributed by atoms with Crippen molar-refractivity contribution in [1.29, 1.82) is 0 Å². The van der Waals surface area contributed by atoms with Gasteiger partial charge in [-0.2, -0.15) is 0 Å². The average molecular weight is 322 g/mol. The summed E-state index contributed by atoms with van der Waals surface area (Å²) in [6, 6.07) is 14.4. The minimum absolute atomic E-state index is 0.287. The maximum atomic E-state index is 12.5. The fourth-order valence-electron chi connectivity index (χ4n) is 2.90. The molecule has 0 spiro atoms. The van der Waals surface area contributed by atoms with Crippen LogP contribution in [0.15, 0.2) is 48.5 Å². The van der Waals surface area contributed by atoms with E-state index in [1.54, 1.807) is 37.3 Å². The van der Waals surface area contributed by atoms with E-state index in [1.807, 2.05) is 25.1 Å². The maximum absolute atomic E-state index is 12.5. The smallest absolute Gasteiger partial charge is 0.261 e. The van der Waals surface area contributed by atoms with Gasteiger partial charge in [0.2, 0.25) is 11.8 Å². The molecule has 24 heavy (non-hydrogen) atoms. The van der Waals surface area contributed by atoms with E-state index >= 15 is 0 Å². The number of nitrogens with one attached hydrogen (secondary N) is 1. The lowest BCUT2D eigenvalue weighted by Crippen LogP contribution is -2.47. The fraction of sp³-hybridized carbons (Fsp3) is 0.211. The molecule has 1 aliphatic heterocycles. The average Bonchev–Trinajstić information content (AvgIpc) is 2.57. The molecule has 0 radical (unpaired) electrons. The first-order valence-electron chi connectivity index (χ1n) is 7.78. The van der Waals surface area contributed by atoms with Crippen LogP contribution in [0.3, 0.4) is 0 Å². The van der Waals surface area contributed by atoms with Crippen molar-refractivity contribution in [2.75, 3.05) is 11.9 Å². The minimum atomic E-state index is -0.439. The highest BCUT2D eigenvalue weighted by atomic mass is 16.2. The molecule has 3 amide bonds. The summed E-state index contributed by atoms with van der Waals surface area (Å²) in [7, 11) is 0. The van der Waals surface area contributed by atoms with Crippen molar-refractivity contribution in [3.63, 3.8) is 0 Å². The van der Waals surface area contributed by atoms with E-state index in [4.69, 9.17) is 0 Å². The molecule has 0 bridgehead atoms. The van der Waals surface area contributed by atoms with Gasteiger partial charge in [0.05, 0.1) is 5.92 Å². The first-order chi connectivity index (χ1) is 11.5. The van der Waals surface area contributed by atoms with Gasteiger partial charge in [0.15, 0.2) is 0 Å². The summed E-state index contributed by atoms with van der Waals surface area (Å²) in [6.07, 6.45) is 0. The molecule has 122 valence electrons. The number of hydrogen-bond acceptors (Lipinski definition) is 3. The number of benzene rings is 2. The Morgan fingerprint density at radius 1 is 1.12 bits per heavy atom. The van der Waals surface area contributed by atoms with Crippen molar-refractivity contribution >= 4 is 23.4 Å². The van der Waals surface area contributed by atoms with Crippen molar-refractivity contribution in [2.24, 2.45) is 0 Å². The predicted molar refractivity (Wildman–Crippen MR) is 90.7 cm³/mol. The second kappa shape index (κ2) is 6.28. The van der Waals surface area contributed by atoms with E-state index in [0.29, 0.717) is 16.8 Å². The Kier molecular flexibility index (Phi) is 4.16. The molecule has 0 aromatic heterocycles. The molecule has 3 rings (SSSR count). The lowest BCUT2D eigenvalue weighted by molar-refractivity contribution is -0.133. The van der Waals surface area contributed by atoms with Crippen LogP contribution in [0.1, 0.15) is 34.3 Å². The Bertz CT molecular complexity index is 829. The van der Waals surface area contributed by atoms with Gasteiger partial charge >= 0.3 is 0 Å². The van der Waals surface area contributed by atoms with Crippen molar-refractivity contribution in [2.45, 2.75) is 19.8 Å². The number of aryl methyl sites for hydroxylation is 1. The molecule has 0 fully saturated rings. The van der Waals surface area contributed by atoms with E-state index in [2.05, 4.69) is 5.32 Å². The van der Waals surface area contributed by atoms with Gasteiger partial charge in [-0.1, -0.05) is 30.3 Å². The number of amides is 3. The quantitative estimate of drug-likeness (QED) is 0.884. The lowest BCUT2D eigenvalue weighted by atomic mass is 9.90. The summed E-state index contributed by atoms with van der Waals surface area (Å²) < 4.78 is 0. The summed E-state index contributed by atoms with van der Waals surface area (Å²) in [5, 5.41) is 2.72. The third-order valence-electron chi connectivity index (χ3n) is 4.14. The molecule has 1 atom stereocenters. The summed E-state index contributed by atoms with van der Waals surface area (Å²) in [4.78, 5) is 38.3. The topological polar surface area (TPSA) is 66.5 Å². The highest BCUT2D eigenvalue weighted by molar-refractivity contribution is 6.13. The van der Waals surface area contributed by atoms with Crippen LogP contribution in [0.2, 0.25) is 0 Å². The highest BCUT2D eigenvalue weighted by Crippen LogP contribution is 2.28. The maximum Gasteiger partial charge on any atom is 0.261 e. The second-order valence-corrected chi connectivity index (χ2v) is 5.96. The van der Waals surface area contributed by atoms with Gasteiger partial charge in [0, 0.05) is 11.3 Å². The van der Waals surface area contributed by atoms with Gasteiger partial charge in [0.1, 0.15) is 6.54 Å². The van der Waals surface area contributed by atoms with E-state index in [1.165, 1.54) is 0 Å². The Balaban J connectivity index is 1.79. The van der Waals surface area contributed by atoms with Crippen LogP contribution in [-0.4, -0.2) is 29.2 Å². The first-order valence-corrected chi connectivity index (χ1v) is 7.78. The number of carbonyl (C=O) groups excluding carboxylic acids is 3. The molecule has 1 heterocycles. The molecule has 5 heteroatoms. The molecule has 1 aliphatic rings. The number of carbonyl (C=O) groups is 3. The lowest BCUT2D eigenvalue weighted by Gasteiger charge is -2.30. The zero-order valence-corrected chi connectivity index (χ0v) is 13.6. The number of nitrogens with zero attached hydrogens (tertiary/aromatic N) is 1. The standard InChI is InChI=1S/C19H18N2O3/c1-12-6-5-7-14(10-12)20-17(22)11-21-18(23)13(2)15-8-3-4-9-16(15)19(21)24/h3-10,13H,11H2,1-2H3,(H,20,22). The largest absolute Gasteiger partial charge is 0.325 e. The summed E-state index contributed by atoms with van der Waals surface area (Å²) in [5.41, 5.74) is 2.85. The van der Waals surface area contributed by atoms with Crippen molar-refractivity contribution in [1.82, 2.24) is 4.90 Å². The molecular formula is C19H18N2O3. The minimum Gasteiger partial charge on any atom is -0.325 e. The van der Waals surface area contributed by atoms with Gasteiger partial charge in [-0.25, -0.2) is 0 Å². The van der Waals surface area contributed by atoms with Crippen LogP contribution in [0, 0.1) is 6.92 Å². The van der Waals surface area contributed by atoms with Crippen molar-refractivity contribution < 1.29 is 14.4 Å². The molecule has 0 aliphatic carbocycles. The normalized spacial score (nSPS) is 16.8. The molecule has 0 saturated carbocycles. The second-order valence-electron chi connectivity index (χ2n) is 5.96. The summed E-state index contributed by atoms with van der Waals surface area (Å²) >= 11 is 0. The van der Waals surface area contributed by atoms with Gasteiger partial charge in [-0.15, -0.1) is 0 Å². The zero-order valence-electron chi connectivity index (χ0n) is 13.6. The van der Waals surface area contributed by atoms with Crippen LogP contribution in [0.5, 0.6) is 0 Å². The number of fused-ring (bicyclic) bond motifs is 1. The van der Waals surface area contributed by atoms with Crippen molar-refractivity contribution in [3.05, 3.63) is 65.2 Å². The molecule has 0 saturated heterocycles. The Labute approximate surface area is 140 Å². The Morgan fingerprint density at radius 3 is 2.62 bits per heavy atom. The van der Waals surface area contributed by atoms with Gasteiger partial charge < -0.3 is 5.32 Å². The number of anilines is 1. The van der Waals surface area contributed by atoms with Crippen LogP contribution in [0.25, 0.3) is 0 Å². The monoisotopic (exact) mass is 322 g/mol. The summed E-state index contributed by atoms with van der Waals surface area (Å²) in [5.74, 6) is -1.61. The Hall–Kier alpha value is -2.95.